The van der Waals surface area contributed by atoms with Gasteiger partial charge in [-0.15, -0.1) is 6.42 Å². The molecule has 0 fully saturated rings. The molecule has 1 radical (unpaired) electrons. The van der Waals surface area contributed by atoms with E-state index in [9.17, 15) is 0 Å². The van der Waals surface area contributed by atoms with Crippen molar-refractivity contribution in [1.29, 1.82) is 0 Å². The standard InChI is InChI=1S/C15H17O.2ClH.Ti/c1-2-16-15(12-13-8-6-7-9-13)14-10-4-3-5-11-14;;;/h3-6,8,10-11,15H,2,7,12H2,1H3;2*1H;/q-1;;;+3/p-2. The van der Waals surface area contributed by atoms with Gasteiger partial charge < -0.3 is 29.6 Å². The number of hydrogen-bond donors (Lipinski definition) is 0. The Morgan fingerprint density at radius 1 is 1.21 bits per heavy atom. The predicted octanol–water partition coefficient (Wildman–Crippen LogP) is -2.15. The molecule has 101 valence electrons. The van der Waals surface area contributed by atoms with Crippen molar-refractivity contribution in [2.75, 3.05) is 6.61 Å². The quantitative estimate of drug-likeness (QED) is 0.441. The summed E-state index contributed by atoms with van der Waals surface area (Å²) in [6.45, 7) is 2.79. The largest absolute Gasteiger partial charge is 3.00 e. The molecule has 4 heteroatoms. The van der Waals surface area contributed by atoms with Crippen molar-refractivity contribution in [3.8, 4) is 0 Å². The average molecular weight is 332 g/mol. The molecule has 0 heterocycles. The molecule has 1 aromatic rings. The number of rotatable bonds is 5. The van der Waals surface area contributed by atoms with E-state index in [0.29, 0.717) is 0 Å². The van der Waals surface area contributed by atoms with Crippen molar-refractivity contribution < 1.29 is 51.3 Å². The Hall–Kier alpha value is -0.0457. The number of allylic oxidation sites excluding steroid dienone is 3. The van der Waals surface area contributed by atoms with Gasteiger partial charge in [-0.05, 0) is 18.9 Å². The van der Waals surface area contributed by atoms with Crippen LogP contribution in [0.3, 0.4) is 0 Å². The molecular weight excluding hydrogens is 315 g/mol. The minimum atomic E-state index is 0. The molecule has 0 N–H and O–H groups in total. The van der Waals surface area contributed by atoms with Crippen molar-refractivity contribution in [1.82, 2.24) is 0 Å². The molecule has 1 aliphatic rings. The molecule has 1 aromatic carbocycles. The molecule has 0 saturated carbocycles. The van der Waals surface area contributed by atoms with E-state index < -0.39 is 0 Å². The first-order chi connectivity index (χ1) is 7.90. The molecule has 1 atom stereocenters. The summed E-state index contributed by atoms with van der Waals surface area (Å²) in [7, 11) is 0. The van der Waals surface area contributed by atoms with Crippen molar-refractivity contribution >= 4 is 0 Å². The summed E-state index contributed by atoms with van der Waals surface area (Å²) >= 11 is 0. The molecule has 2 rings (SSSR count). The van der Waals surface area contributed by atoms with Crippen molar-refractivity contribution in [2.24, 2.45) is 0 Å². The Morgan fingerprint density at radius 2 is 1.89 bits per heavy atom. The van der Waals surface area contributed by atoms with E-state index in [2.05, 4.69) is 42.5 Å². The second-order valence-electron chi connectivity index (χ2n) is 3.87. The van der Waals surface area contributed by atoms with E-state index in [-0.39, 0.29) is 52.6 Å². The summed E-state index contributed by atoms with van der Waals surface area (Å²) in [4.78, 5) is 0. The van der Waals surface area contributed by atoms with Gasteiger partial charge in [-0.1, -0.05) is 30.3 Å². The zero-order chi connectivity index (χ0) is 11.2. The fraction of sp³-hybridized carbons (Fsp3) is 0.333. The van der Waals surface area contributed by atoms with Crippen molar-refractivity contribution in [2.45, 2.75) is 25.9 Å². The van der Waals surface area contributed by atoms with Gasteiger partial charge >= 0.3 is 21.7 Å². The molecule has 0 saturated heterocycles. The summed E-state index contributed by atoms with van der Waals surface area (Å²) in [5.41, 5.74) is 2.52. The predicted molar refractivity (Wildman–Crippen MR) is 65.9 cm³/mol. The molecule has 19 heavy (non-hydrogen) atoms. The molecular formula is C15H17Cl2OTi. The summed E-state index contributed by atoms with van der Waals surface area (Å²) in [5.74, 6) is 0. The van der Waals surface area contributed by atoms with Crippen LogP contribution in [0.15, 0.2) is 48.1 Å². The van der Waals surface area contributed by atoms with E-state index in [1.807, 2.05) is 13.0 Å². The van der Waals surface area contributed by atoms with E-state index in [4.69, 9.17) is 4.74 Å². The number of benzene rings is 1. The van der Waals surface area contributed by atoms with Crippen LogP contribution in [-0.2, 0) is 26.5 Å². The molecule has 1 unspecified atom stereocenters. The first kappa shape index (κ1) is 21.3. The van der Waals surface area contributed by atoms with E-state index >= 15 is 0 Å². The van der Waals surface area contributed by atoms with Crippen LogP contribution in [0, 0.1) is 6.08 Å². The van der Waals surface area contributed by atoms with Crippen LogP contribution in [0.2, 0.25) is 0 Å². The first-order valence-corrected chi connectivity index (χ1v) is 5.83. The molecule has 0 bridgehead atoms. The van der Waals surface area contributed by atoms with E-state index in [1.165, 1.54) is 11.1 Å². The Morgan fingerprint density at radius 3 is 2.42 bits per heavy atom. The molecule has 0 aliphatic heterocycles. The van der Waals surface area contributed by atoms with E-state index in [0.717, 1.165) is 19.4 Å². The van der Waals surface area contributed by atoms with Gasteiger partial charge in [0.15, 0.2) is 0 Å². The fourth-order valence-corrected chi connectivity index (χ4v) is 1.93. The maximum absolute atomic E-state index is 5.80. The minimum absolute atomic E-state index is 0. The molecule has 1 nitrogen and oxygen atoms in total. The van der Waals surface area contributed by atoms with Crippen LogP contribution in [0.5, 0.6) is 0 Å². The second-order valence-corrected chi connectivity index (χ2v) is 3.87. The maximum atomic E-state index is 5.80. The molecule has 1 aliphatic carbocycles. The van der Waals surface area contributed by atoms with Crippen LogP contribution in [0.25, 0.3) is 0 Å². The van der Waals surface area contributed by atoms with Crippen molar-refractivity contribution in [3.05, 3.63) is 59.7 Å². The van der Waals surface area contributed by atoms with Gasteiger partial charge in [-0.2, -0.15) is 6.08 Å². The first-order valence-electron chi connectivity index (χ1n) is 5.83. The second kappa shape index (κ2) is 11.8. The number of ether oxygens (including phenoxy) is 1. The summed E-state index contributed by atoms with van der Waals surface area (Å²) in [6.07, 6.45) is 9.67. The summed E-state index contributed by atoms with van der Waals surface area (Å²) in [5, 5.41) is 0. The topological polar surface area (TPSA) is 9.23 Å². The Balaban J connectivity index is 0. The van der Waals surface area contributed by atoms with Gasteiger partial charge in [0.25, 0.3) is 0 Å². The zero-order valence-corrected chi connectivity index (χ0v) is 14.0. The van der Waals surface area contributed by atoms with Gasteiger partial charge in [0.05, 0.1) is 6.10 Å². The maximum Gasteiger partial charge on any atom is 3.00 e. The molecule has 0 spiro atoms. The SMILES string of the molecule is CCOC(CC1=[C-]CC=C1)c1ccccc1.[Cl-].[Cl-].[Ti+3]. The number of halogens is 2. The van der Waals surface area contributed by atoms with Gasteiger partial charge in [0, 0.05) is 6.61 Å². The third-order valence-corrected chi connectivity index (χ3v) is 2.71. The van der Waals surface area contributed by atoms with Gasteiger partial charge in [0.2, 0.25) is 0 Å². The Labute approximate surface area is 143 Å². The molecule has 0 aromatic heterocycles. The van der Waals surface area contributed by atoms with Crippen LogP contribution in [0.1, 0.15) is 31.4 Å². The smallest absolute Gasteiger partial charge is 1.00 e. The van der Waals surface area contributed by atoms with Gasteiger partial charge in [-0.25, -0.2) is 11.6 Å². The minimum Gasteiger partial charge on any atom is -1.00 e. The third kappa shape index (κ3) is 6.78. The average Bonchev–Trinajstić information content (AvgIpc) is 2.83. The summed E-state index contributed by atoms with van der Waals surface area (Å²) < 4.78 is 5.80. The monoisotopic (exact) mass is 331 g/mol. The summed E-state index contributed by atoms with van der Waals surface area (Å²) in [6, 6.07) is 10.4. The molecule has 0 amide bonds. The zero-order valence-electron chi connectivity index (χ0n) is 10.9. The van der Waals surface area contributed by atoms with Gasteiger partial charge in [0.1, 0.15) is 0 Å². The van der Waals surface area contributed by atoms with Crippen LogP contribution in [-0.4, -0.2) is 6.61 Å². The van der Waals surface area contributed by atoms with Crippen LogP contribution in [0.4, 0.5) is 0 Å². The van der Waals surface area contributed by atoms with E-state index in [1.54, 1.807) is 0 Å². The third-order valence-electron chi connectivity index (χ3n) is 2.71. The fourth-order valence-electron chi connectivity index (χ4n) is 1.93. The number of hydrogen-bond acceptors (Lipinski definition) is 1. The van der Waals surface area contributed by atoms with Crippen LogP contribution >= 0.6 is 0 Å². The van der Waals surface area contributed by atoms with Gasteiger partial charge in [-0.3, -0.25) is 6.08 Å². The van der Waals surface area contributed by atoms with Crippen molar-refractivity contribution in [3.63, 3.8) is 0 Å². The Kier molecular flexibility index (Phi) is 13.1. The normalized spacial score (nSPS) is 13.6. The van der Waals surface area contributed by atoms with Crippen LogP contribution < -0.4 is 24.8 Å². The Bertz CT molecular complexity index is 390.